The van der Waals surface area contributed by atoms with Crippen molar-refractivity contribution in [3.8, 4) is 0 Å². The minimum Gasteiger partial charge on any atom is -0.338 e. The van der Waals surface area contributed by atoms with Crippen molar-refractivity contribution in [2.45, 2.75) is 58.0 Å². The number of carbonyl (C=O) groups excluding carboxylic acids is 1. The molecule has 0 bridgehead atoms. The van der Waals surface area contributed by atoms with E-state index in [2.05, 4.69) is 19.2 Å². The predicted molar refractivity (Wildman–Crippen MR) is 87.3 cm³/mol. The van der Waals surface area contributed by atoms with Crippen LogP contribution in [0.5, 0.6) is 0 Å². The molecule has 0 aliphatic carbocycles. The number of amides is 1. The van der Waals surface area contributed by atoms with Gasteiger partial charge in [-0.1, -0.05) is 36.8 Å². The molecule has 1 saturated heterocycles. The van der Waals surface area contributed by atoms with Crippen molar-refractivity contribution >= 4 is 5.91 Å². The highest BCUT2D eigenvalue weighted by Crippen LogP contribution is 2.20. The van der Waals surface area contributed by atoms with Crippen molar-refractivity contribution < 1.29 is 4.79 Å². The van der Waals surface area contributed by atoms with Gasteiger partial charge in [0.25, 0.3) is 0 Å². The van der Waals surface area contributed by atoms with Crippen LogP contribution in [0.3, 0.4) is 0 Å². The summed E-state index contributed by atoms with van der Waals surface area (Å²) >= 11 is 0. The molecule has 3 nitrogen and oxygen atoms in total. The summed E-state index contributed by atoms with van der Waals surface area (Å²) in [6, 6.07) is 10.8. The maximum absolute atomic E-state index is 12.9. The van der Waals surface area contributed by atoms with Gasteiger partial charge in [-0.3, -0.25) is 4.79 Å². The second-order valence-corrected chi connectivity index (χ2v) is 6.36. The zero-order valence-electron chi connectivity index (χ0n) is 13.5. The Morgan fingerprint density at radius 2 is 1.95 bits per heavy atom. The molecule has 1 aromatic rings. The molecule has 1 aliphatic rings. The Morgan fingerprint density at radius 3 is 2.52 bits per heavy atom. The highest BCUT2D eigenvalue weighted by Gasteiger charge is 2.26. The second-order valence-electron chi connectivity index (χ2n) is 6.36. The Morgan fingerprint density at radius 1 is 1.24 bits per heavy atom. The molecule has 1 N–H and O–H groups in total. The van der Waals surface area contributed by atoms with Gasteiger partial charge in [-0.2, -0.15) is 0 Å². The molecule has 2 rings (SSSR count). The summed E-state index contributed by atoms with van der Waals surface area (Å²) in [6.07, 6.45) is 3.70. The van der Waals surface area contributed by atoms with Gasteiger partial charge in [0, 0.05) is 18.6 Å². The number of hydrogen-bond donors (Lipinski definition) is 1. The van der Waals surface area contributed by atoms with Crippen LogP contribution in [-0.4, -0.2) is 36.0 Å². The first-order valence-corrected chi connectivity index (χ1v) is 8.18. The number of piperidine rings is 1. The Balaban J connectivity index is 2.04. The van der Waals surface area contributed by atoms with Gasteiger partial charge < -0.3 is 10.2 Å². The van der Waals surface area contributed by atoms with Crippen LogP contribution in [0, 0.1) is 0 Å². The summed E-state index contributed by atoms with van der Waals surface area (Å²) in [4.78, 5) is 14.9. The highest BCUT2D eigenvalue weighted by atomic mass is 16.2. The van der Waals surface area contributed by atoms with Gasteiger partial charge >= 0.3 is 0 Å². The van der Waals surface area contributed by atoms with Gasteiger partial charge in [0.1, 0.15) is 0 Å². The van der Waals surface area contributed by atoms with Crippen molar-refractivity contribution in [1.29, 1.82) is 0 Å². The standard InChI is InChI=1S/C18H28N2O/c1-14(2)20(13-17-11-7-8-12-19-17)18(21)15(3)16-9-5-4-6-10-16/h4-6,9-10,14-15,17,19H,7-8,11-13H2,1-3H3. The SMILES string of the molecule is CC(C(=O)N(CC1CCCCN1)C(C)C)c1ccccc1. The van der Waals surface area contributed by atoms with Gasteiger partial charge in [0.2, 0.25) is 5.91 Å². The fraction of sp³-hybridized carbons (Fsp3) is 0.611. The smallest absolute Gasteiger partial charge is 0.230 e. The molecule has 1 aliphatic heterocycles. The van der Waals surface area contributed by atoms with Crippen LogP contribution in [0.15, 0.2) is 30.3 Å². The number of rotatable bonds is 5. The van der Waals surface area contributed by atoms with E-state index >= 15 is 0 Å². The Bertz CT molecular complexity index is 438. The largest absolute Gasteiger partial charge is 0.338 e. The number of nitrogens with one attached hydrogen (secondary N) is 1. The van der Waals surface area contributed by atoms with E-state index in [1.165, 1.54) is 19.3 Å². The van der Waals surface area contributed by atoms with E-state index in [1.807, 2.05) is 42.2 Å². The zero-order chi connectivity index (χ0) is 15.2. The minimum atomic E-state index is -0.0720. The van der Waals surface area contributed by atoms with Crippen LogP contribution in [-0.2, 0) is 4.79 Å². The van der Waals surface area contributed by atoms with Crippen LogP contribution >= 0.6 is 0 Å². The van der Waals surface area contributed by atoms with E-state index in [0.717, 1.165) is 18.7 Å². The van der Waals surface area contributed by atoms with E-state index in [9.17, 15) is 4.79 Å². The van der Waals surface area contributed by atoms with Crippen LogP contribution in [0.2, 0.25) is 0 Å². The minimum absolute atomic E-state index is 0.0720. The molecular formula is C18H28N2O. The maximum Gasteiger partial charge on any atom is 0.230 e. The summed E-state index contributed by atoms with van der Waals surface area (Å²) in [5.74, 6) is 0.167. The van der Waals surface area contributed by atoms with E-state index in [-0.39, 0.29) is 17.9 Å². The molecule has 0 aromatic heterocycles. The summed E-state index contributed by atoms with van der Waals surface area (Å²) < 4.78 is 0. The van der Waals surface area contributed by atoms with Gasteiger partial charge in [-0.05, 0) is 45.7 Å². The molecule has 1 heterocycles. The summed E-state index contributed by atoms with van der Waals surface area (Å²) in [7, 11) is 0. The van der Waals surface area contributed by atoms with Crippen molar-refractivity contribution in [3.63, 3.8) is 0 Å². The molecule has 21 heavy (non-hydrogen) atoms. The molecule has 2 atom stereocenters. The van der Waals surface area contributed by atoms with E-state index in [0.29, 0.717) is 6.04 Å². The average molecular weight is 288 g/mol. The molecule has 2 unspecified atom stereocenters. The molecule has 3 heteroatoms. The van der Waals surface area contributed by atoms with E-state index < -0.39 is 0 Å². The molecule has 0 saturated carbocycles. The Kier molecular flexibility index (Phi) is 5.80. The lowest BCUT2D eigenvalue weighted by Gasteiger charge is -2.35. The van der Waals surface area contributed by atoms with Gasteiger partial charge in [0.15, 0.2) is 0 Å². The lowest BCUT2D eigenvalue weighted by Crippen LogP contribution is -2.49. The van der Waals surface area contributed by atoms with Crippen LogP contribution in [0.25, 0.3) is 0 Å². The molecule has 116 valence electrons. The predicted octanol–water partition coefficient (Wildman–Crippen LogP) is 3.17. The number of nitrogens with zero attached hydrogens (tertiary/aromatic N) is 1. The molecule has 1 aromatic carbocycles. The third-order valence-corrected chi connectivity index (χ3v) is 4.41. The van der Waals surface area contributed by atoms with Crippen LogP contribution < -0.4 is 5.32 Å². The van der Waals surface area contributed by atoms with Gasteiger partial charge in [-0.15, -0.1) is 0 Å². The zero-order valence-corrected chi connectivity index (χ0v) is 13.5. The molecule has 0 radical (unpaired) electrons. The van der Waals surface area contributed by atoms with Crippen molar-refractivity contribution in [2.75, 3.05) is 13.1 Å². The van der Waals surface area contributed by atoms with Crippen molar-refractivity contribution in [1.82, 2.24) is 10.2 Å². The van der Waals surface area contributed by atoms with Crippen molar-refractivity contribution in [3.05, 3.63) is 35.9 Å². The molecule has 1 amide bonds. The molecule has 0 spiro atoms. The summed E-state index contributed by atoms with van der Waals surface area (Å²) in [5.41, 5.74) is 1.10. The normalized spacial score (nSPS) is 20.3. The number of benzene rings is 1. The van der Waals surface area contributed by atoms with E-state index in [1.54, 1.807) is 0 Å². The van der Waals surface area contributed by atoms with Crippen LogP contribution in [0.1, 0.15) is 51.5 Å². The average Bonchev–Trinajstić information content (AvgIpc) is 2.53. The topological polar surface area (TPSA) is 32.3 Å². The fourth-order valence-corrected chi connectivity index (χ4v) is 3.01. The number of carbonyl (C=O) groups is 1. The highest BCUT2D eigenvalue weighted by molar-refractivity contribution is 5.83. The third-order valence-electron chi connectivity index (χ3n) is 4.41. The summed E-state index contributed by atoms with van der Waals surface area (Å²) in [5, 5.41) is 3.54. The first-order chi connectivity index (χ1) is 10.1. The Hall–Kier alpha value is -1.35. The lowest BCUT2D eigenvalue weighted by atomic mass is 9.98. The van der Waals surface area contributed by atoms with Crippen molar-refractivity contribution in [2.24, 2.45) is 0 Å². The Labute approximate surface area is 128 Å². The molecule has 1 fully saturated rings. The monoisotopic (exact) mass is 288 g/mol. The van der Waals surface area contributed by atoms with E-state index in [4.69, 9.17) is 0 Å². The maximum atomic E-state index is 12.9. The quantitative estimate of drug-likeness (QED) is 0.902. The first-order valence-electron chi connectivity index (χ1n) is 8.18. The molecular weight excluding hydrogens is 260 g/mol. The van der Waals surface area contributed by atoms with Crippen LogP contribution in [0.4, 0.5) is 0 Å². The first kappa shape index (κ1) is 16.0. The second kappa shape index (κ2) is 7.60. The van der Waals surface area contributed by atoms with Gasteiger partial charge in [-0.25, -0.2) is 0 Å². The third kappa shape index (κ3) is 4.31. The fourth-order valence-electron chi connectivity index (χ4n) is 3.01. The number of hydrogen-bond acceptors (Lipinski definition) is 2. The summed E-state index contributed by atoms with van der Waals surface area (Å²) in [6.45, 7) is 8.14. The lowest BCUT2D eigenvalue weighted by molar-refractivity contribution is -0.134. The van der Waals surface area contributed by atoms with Gasteiger partial charge in [0.05, 0.1) is 5.92 Å².